The summed E-state index contributed by atoms with van der Waals surface area (Å²) >= 11 is 1.43. The van der Waals surface area contributed by atoms with E-state index in [-0.39, 0.29) is 17.8 Å². The van der Waals surface area contributed by atoms with Crippen LogP contribution in [0.15, 0.2) is 53.3 Å². The number of rotatable bonds is 5. The maximum absolute atomic E-state index is 12.9. The Kier molecular flexibility index (Phi) is 4.88. The van der Waals surface area contributed by atoms with Crippen LogP contribution in [0, 0.1) is 0 Å². The number of nitrogens with zero attached hydrogens (tertiary/aromatic N) is 4. The summed E-state index contributed by atoms with van der Waals surface area (Å²) in [5.41, 5.74) is 0.343. The Hall–Kier alpha value is -2.75. The molecule has 1 fully saturated rings. The Morgan fingerprint density at radius 3 is 2.82 bits per heavy atom. The van der Waals surface area contributed by atoms with E-state index in [2.05, 4.69) is 10.3 Å². The summed E-state index contributed by atoms with van der Waals surface area (Å²) in [7, 11) is 0. The summed E-state index contributed by atoms with van der Waals surface area (Å²) in [6.07, 6.45) is -1.19. The molecule has 3 heterocycles. The fourth-order valence-corrected chi connectivity index (χ4v) is 4.09. The number of thioether (sulfide) groups is 1. The Morgan fingerprint density at radius 1 is 1.21 bits per heavy atom. The molecule has 10 heteroatoms. The second kappa shape index (κ2) is 7.34. The van der Waals surface area contributed by atoms with E-state index in [9.17, 15) is 18.0 Å². The molecule has 1 unspecified atom stereocenters. The molecule has 1 atom stereocenters. The fourth-order valence-electron chi connectivity index (χ4n) is 2.98. The normalized spacial score (nSPS) is 17.5. The third kappa shape index (κ3) is 3.91. The van der Waals surface area contributed by atoms with E-state index < -0.39 is 11.7 Å². The minimum Gasteiger partial charge on any atom is -0.467 e. The number of hydrogen-bond donors (Lipinski definition) is 0. The highest BCUT2D eigenvalue weighted by molar-refractivity contribution is 8.00. The zero-order valence-corrected chi connectivity index (χ0v) is 15.3. The molecule has 4 rings (SSSR count). The first-order valence-corrected chi connectivity index (χ1v) is 9.44. The molecule has 0 saturated carbocycles. The average Bonchev–Trinajstić information content (AvgIpc) is 3.38. The van der Waals surface area contributed by atoms with Crippen LogP contribution in [0.1, 0.15) is 28.0 Å². The van der Waals surface area contributed by atoms with Gasteiger partial charge in [-0.3, -0.25) is 4.79 Å². The lowest BCUT2D eigenvalue weighted by Crippen LogP contribution is -2.27. The van der Waals surface area contributed by atoms with E-state index >= 15 is 0 Å². The zero-order valence-electron chi connectivity index (χ0n) is 14.5. The highest BCUT2D eigenvalue weighted by atomic mass is 32.2. The standard InChI is InChI=1S/C18H15F3N4O2S/c19-18(20,21)13-4-1-3-12(7-13)8-24-10-15(22-23-24)17-25(16(26)11-28-17)9-14-5-2-6-27-14/h1-7,10,17H,8-9,11H2. The summed E-state index contributed by atoms with van der Waals surface area (Å²) in [5, 5.41) is 7.83. The van der Waals surface area contributed by atoms with Gasteiger partial charge in [-0.25, -0.2) is 4.68 Å². The SMILES string of the molecule is O=C1CSC(c2cn(Cc3cccc(C(F)(F)F)c3)nn2)N1Cc1ccco1. The summed E-state index contributed by atoms with van der Waals surface area (Å²) in [6.45, 7) is 0.477. The number of carbonyl (C=O) groups is 1. The Bertz CT molecular complexity index is 971. The van der Waals surface area contributed by atoms with Crippen LogP contribution >= 0.6 is 11.8 Å². The second-order valence-electron chi connectivity index (χ2n) is 6.30. The number of aromatic nitrogens is 3. The molecule has 0 bridgehead atoms. The number of amides is 1. The van der Waals surface area contributed by atoms with Crippen LogP contribution in [0.25, 0.3) is 0 Å². The van der Waals surface area contributed by atoms with Crippen molar-refractivity contribution in [1.82, 2.24) is 19.9 Å². The number of halogens is 3. The van der Waals surface area contributed by atoms with Gasteiger partial charge in [0.1, 0.15) is 16.8 Å². The molecular weight excluding hydrogens is 393 g/mol. The van der Waals surface area contributed by atoms with Crippen LogP contribution < -0.4 is 0 Å². The van der Waals surface area contributed by atoms with E-state index in [1.807, 2.05) is 0 Å². The van der Waals surface area contributed by atoms with Gasteiger partial charge >= 0.3 is 6.18 Å². The Morgan fingerprint density at radius 2 is 2.07 bits per heavy atom. The maximum atomic E-state index is 12.9. The third-order valence-electron chi connectivity index (χ3n) is 4.28. The van der Waals surface area contributed by atoms with Crippen molar-refractivity contribution >= 4 is 17.7 Å². The first kappa shape index (κ1) is 18.6. The number of carbonyl (C=O) groups excluding carboxylic acids is 1. The molecular formula is C18H15F3N4O2S. The predicted octanol–water partition coefficient (Wildman–Crippen LogP) is 3.71. The molecule has 3 aromatic rings. The van der Waals surface area contributed by atoms with Gasteiger partial charge < -0.3 is 9.32 Å². The number of furan rings is 1. The third-order valence-corrected chi connectivity index (χ3v) is 5.51. The van der Waals surface area contributed by atoms with Crippen molar-refractivity contribution in [3.05, 3.63) is 71.4 Å². The van der Waals surface area contributed by atoms with Crippen LogP contribution in [-0.4, -0.2) is 31.6 Å². The Labute approximate surface area is 162 Å². The lowest BCUT2D eigenvalue weighted by molar-refractivity contribution is -0.137. The van der Waals surface area contributed by atoms with Gasteiger partial charge in [0.25, 0.3) is 0 Å². The zero-order chi connectivity index (χ0) is 19.7. The molecule has 1 amide bonds. The monoisotopic (exact) mass is 408 g/mol. The first-order chi connectivity index (χ1) is 13.4. The topological polar surface area (TPSA) is 64.2 Å². The van der Waals surface area contributed by atoms with Crippen molar-refractivity contribution < 1.29 is 22.4 Å². The summed E-state index contributed by atoms with van der Waals surface area (Å²) in [6, 6.07) is 8.64. The smallest absolute Gasteiger partial charge is 0.416 e. The van der Waals surface area contributed by atoms with E-state index in [0.29, 0.717) is 29.3 Å². The lowest BCUT2D eigenvalue weighted by atomic mass is 10.1. The molecule has 0 N–H and O–H groups in total. The molecule has 1 aliphatic heterocycles. The molecule has 0 aliphatic carbocycles. The van der Waals surface area contributed by atoms with Crippen molar-refractivity contribution in [1.29, 1.82) is 0 Å². The molecule has 28 heavy (non-hydrogen) atoms. The van der Waals surface area contributed by atoms with E-state index in [4.69, 9.17) is 4.42 Å². The molecule has 6 nitrogen and oxygen atoms in total. The molecule has 0 spiro atoms. The van der Waals surface area contributed by atoms with Crippen LogP contribution in [0.4, 0.5) is 13.2 Å². The van der Waals surface area contributed by atoms with Crippen LogP contribution in [0.2, 0.25) is 0 Å². The van der Waals surface area contributed by atoms with Crippen molar-refractivity contribution in [2.24, 2.45) is 0 Å². The highest BCUT2D eigenvalue weighted by Gasteiger charge is 2.35. The van der Waals surface area contributed by atoms with Gasteiger partial charge in [0.05, 0.1) is 36.9 Å². The summed E-state index contributed by atoms with van der Waals surface area (Å²) in [4.78, 5) is 13.9. The number of benzene rings is 1. The first-order valence-electron chi connectivity index (χ1n) is 8.40. The van der Waals surface area contributed by atoms with Gasteiger partial charge in [-0.1, -0.05) is 17.3 Å². The largest absolute Gasteiger partial charge is 0.467 e. The van der Waals surface area contributed by atoms with Gasteiger partial charge in [-0.15, -0.1) is 16.9 Å². The van der Waals surface area contributed by atoms with Crippen LogP contribution in [0.5, 0.6) is 0 Å². The predicted molar refractivity (Wildman–Crippen MR) is 95.0 cm³/mol. The summed E-state index contributed by atoms with van der Waals surface area (Å²) < 4.78 is 45.4. The van der Waals surface area contributed by atoms with Crippen molar-refractivity contribution in [2.75, 3.05) is 5.75 Å². The van der Waals surface area contributed by atoms with Gasteiger partial charge in [-0.2, -0.15) is 13.2 Å². The highest BCUT2D eigenvalue weighted by Crippen LogP contribution is 2.38. The quantitative estimate of drug-likeness (QED) is 0.644. The van der Waals surface area contributed by atoms with Gasteiger partial charge in [0.2, 0.25) is 5.91 Å². The molecule has 146 valence electrons. The van der Waals surface area contributed by atoms with E-state index in [1.54, 1.807) is 35.6 Å². The second-order valence-corrected chi connectivity index (χ2v) is 7.37. The fraction of sp³-hybridized carbons (Fsp3) is 0.278. The van der Waals surface area contributed by atoms with E-state index in [0.717, 1.165) is 12.1 Å². The van der Waals surface area contributed by atoms with Crippen LogP contribution in [-0.2, 0) is 24.1 Å². The maximum Gasteiger partial charge on any atom is 0.416 e. The molecule has 1 saturated heterocycles. The average molecular weight is 408 g/mol. The summed E-state index contributed by atoms with van der Waals surface area (Å²) in [5.74, 6) is 0.960. The van der Waals surface area contributed by atoms with Crippen molar-refractivity contribution in [2.45, 2.75) is 24.6 Å². The minimum absolute atomic E-state index is 0.0289. The number of alkyl halides is 3. The molecule has 0 radical (unpaired) electrons. The van der Waals surface area contributed by atoms with Crippen LogP contribution in [0.3, 0.4) is 0 Å². The molecule has 1 aromatic carbocycles. The van der Waals surface area contributed by atoms with Gasteiger partial charge in [0, 0.05) is 0 Å². The van der Waals surface area contributed by atoms with Gasteiger partial charge in [0.15, 0.2) is 0 Å². The molecule has 2 aromatic heterocycles. The number of hydrogen-bond acceptors (Lipinski definition) is 5. The Balaban J connectivity index is 1.50. The van der Waals surface area contributed by atoms with E-state index in [1.165, 1.54) is 22.5 Å². The van der Waals surface area contributed by atoms with Crippen molar-refractivity contribution in [3.8, 4) is 0 Å². The molecule has 1 aliphatic rings. The van der Waals surface area contributed by atoms with Crippen molar-refractivity contribution in [3.63, 3.8) is 0 Å². The minimum atomic E-state index is -4.39. The lowest BCUT2D eigenvalue weighted by Gasteiger charge is -2.20. The van der Waals surface area contributed by atoms with Gasteiger partial charge in [-0.05, 0) is 29.8 Å².